The van der Waals surface area contributed by atoms with Crippen LogP contribution in [0.15, 0.2) is 42.5 Å². The molecule has 0 atom stereocenters. The standard InChI is InChI=1S/C16H16O3/c1-11-4-3-5-13(8-11)10-19-16(18)14-7-6-12(2)15(17)9-14/h3-9,17H,10H2,1-2H3. The number of hydrogen-bond donors (Lipinski definition) is 1. The van der Waals surface area contributed by atoms with Crippen LogP contribution in [0.25, 0.3) is 0 Å². The first-order valence-electron chi connectivity index (χ1n) is 6.08. The van der Waals surface area contributed by atoms with E-state index in [4.69, 9.17) is 4.74 Å². The van der Waals surface area contributed by atoms with Gasteiger partial charge in [0.1, 0.15) is 12.4 Å². The molecule has 98 valence electrons. The van der Waals surface area contributed by atoms with Crippen LogP contribution in [-0.4, -0.2) is 11.1 Å². The Kier molecular flexibility index (Phi) is 3.85. The van der Waals surface area contributed by atoms with E-state index in [-0.39, 0.29) is 12.4 Å². The lowest BCUT2D eigenvalue weighted by Crippen LogP contribution is -2.05. The van der Waals surface area contributed by atoms with Gasteiger partial charge in [-0.3, -0.25) is 0 Å². The van der Waals surface area contributed by atoms with Crippen molar-refractivity contribution >= 4 is 5.97 Å². The van der Waals surface area contributed by atoms with Crippen LogP contribution in [0, 0.1) is 13.8 Å². The maximum absolute atomic E-state index is 11.8. The van der Waals surface area contributed by atoms with Crippen molar-refractivity contribution in [2.24, 2.45) is 0 Å². The van der Waals surface area contributed by atoms with E-state index in [0.29, 0.717) is 5.56 Å². The molecule has 0 bridgehead atoms. The molecule has 2 aromatic carbocycles. The van der Waals surface area contributed by atoms with E-state index in [1.165, 1.54) is 6.07 Å². The van der Waals surface area contributed by atoms with Crippen LogP contribution in [-0.2, 0) is 11.3 Å². The summed E-state index contributed by atoms with van der Waals surface area (Å²) in [5.74, 6) is -0.332. The highest BCUT2D eigenvalue weighted by Gasteiger charge is 2.09. The van der Waals surface area contributed by atoms with Gasteiger partial charge in [-0.2, -0.15) is 0 Å². The van der Waals surface area contributed by atoms with Gasteiger partial charge < -0.3 is 9.84 Å². The van der Waals surface area contributed by atoms with E-state index < -0.39 is 5.97 Å². The number of phenolic OH excluding ortho intramolecular Hbond substituents is 1. The number of carbonyl (C=O) groups is 1. The van der Waals surface area contributed by atoms with Crippen molar-refractivity contribution in [2.45, 2.75) is 20.5 Å². The molecular weight excluding hydrogens is 240 g/mol. The smallest absolute Gasteiger partial charge is 0.338 e. The molecular formula is C16H16O3. The van der Waals surface area contributed by atoms with Gasteiger partial charge >= 0.3 is 5.97 Å². The molecule has 0 aromatic heterocycles. The molecule has 0 unspecified atom stereocenters. The first kappa shape index (κ1) is 13.1. The fourth-order valence-corrected chi connectivity index (χ4v) is 1.77. The molecule has 0 aliphatic rings. The summed E-state index contributed by atoms with van der Waals surface area (Å²) in [7, 11) is 0. The van der Waals surface area contributed by atoms with Crippen LogP contribution >= 0.6 is 0 Å². The van der Waals surface area contributed by atoms with Crippen molar-refractivity contribution < 1.29 is 14.6 Å². The molecule has 0 aliphatic carbocycles. The number of carbonyl (C=O) groups excluding carboxylic acids is 1. The lowest BCUT2D eigenvalue weighted by atomic mass is 10.1. The van der Waals surface area contributed by atoms with Gasteiger partial charge in [-0.05, 0) is 37.1 Å². The van der Waals surface area contributed by atoms with Crippen LogP contribution in [0.4, 0.5) is 0 Å². The number of rotatable bonds is 3. The number of aryl methyl sites for hydroxylation is 2. The Balaban J connectivity index is 2.03. The summed E-state index contributed by atoms with van der Waals surface area (Å²) in [6.07, 6.45) is 0. The van der Waals surface area contributed by atoms with Crippen LogP contribution in [0.5, 0.6) is 5.75 Å². The second-order valence-corrected chi connectivity index (χ2v) is 4.57. The molecule has 2 rings (SSSR count). The number of hydrogen-bond acceptors (Lipinski definition) is 3. The molecule has 2 aromatic rings. The zero-order valence-electron chi connectivity index (χ0n) is 11.0. The first-order valence-corrected chi connectivity index (χ1v) is 6.08. The Morgan fingerprint density at radius 2 is 1.95 bits per heavy atom. The molecule has 0 fully saturated rings. The van der Waals surface area contributed by atoms with Gasteiger partial charge in [0, 0.05) is 0 Å². The predicted molar refractivity (Wildman–Crippen MR) is 73.1 cm³/mol. The van der Waals surface area contributed by atoms with E-state index >= 15 is 0 Å². The van der Waals surface area contributed by atoms with Gasteiger partial charge in [0.05, 0.1) is 5.56 Å². The van der Waals surface area contributed by atoms with E-state index in [1.54, 1.807) is 19.1 Å². The van der Waals surface area contributed by atoms with Crippen molar-refractivity contribution in [3.8, 4) is 5.75 Å². The van der Waals surface area contributed by atoms with Gasteiger partial charge in [-0.15, -0.1) is 0 Å². The Labute approximate surface area is 112 Å². The van der Waals surface area contributed by atoms with Gasteiger partial charge in [0.25, 0.3) is 0 Å². The highest BCUT2D eigenvalue weighted by Crippen LogP contribution is 2.18. The van der Waals surface area contributed by atoms with Crippen molar-refractivity contribution in [3.05, 3.63) is 64.7 Å². The maximum Gasteiger partial charge on any atom is 0.338 e. The zero-order chi connectivity index (χ0) is 13.8. The molecule has 0 amide bonds. The average molecular weight is 256 g/mol. The lowest BCUT2D eigenvalue weighted by molar-refractivity contribution is 0.0472. The van der Waals surface area contributed by atoms with Crippen molar-refractivity contribution in [1.82, 2.24) is 0 Å². The summed E-state index contributed by atoms with van der Waals surface area (Å²) in [5, 5.41) is 9.56. The number of aromatic hydroxyl groups is 1. The third kappa shape index (κ3) is 3.35. The third-order valence-electron chi connectivity index (χ3n) is 2.90. The van der Waals surface area contributed by atoms with Crippen LogP contribution in [0.3, 0.4) is 0 Å². The number of phenols is 1. The summed E-state index contributed by atoms with van der Waals surface area (Å²) in [5.41, 5.74) is 3.16. The Morgan fingerprint density at radius 3 is 2.63 bits per heavy atom. The molecule has 0 spiro atoms. The predicted octanol–water partition coefficient (Wildman–Crippen LogP) is 3.37. The topological polar surface area (TPSA) is 46.5 Å². The van der Waals surface area contributed by atoms with E-state index in [2.05, 4.69) is 0 Å². The minimum atomic E-state index is -0.434. The van der Waals surface area contributed by atoms with Crippen molar-refractivity contribution in [3.63, 3.8) is 0 Å². The van der Waals surface area contributed by atoms with Crippen LogP contribution in [0.1, 0.15) is 27.0 Å². The number of ether oxygens (including phenoxy) is 1. The average Bonchev–Trinajstić information content (AvgIpc) is 2.39. The molecule has 19 heavy (non-hydrogen) atoms. The first-order chi connectivity index (χ1) is 9.06. The Hall–Kier alpha value is -2.29. The van der Waals surface area contributed by atoms with E-state index in [0.717, 1.165) is 16.7 Å². The highest BCUT2D eigenvalue weighted by atomic mass is 16.5. The number of benzene rings is 2. The van der Waals surface area contributed by atoms with Gasteiger partial charge in [-0.1, -0.05) is 35.9 Å². The normalized spacial score (nSPS) is 10.2. The molecule has 3 nitrogen and oxygen atoms in total. The SMILES string of the molecule is Cc1cccc(COC(=O)c2ccc(C)c(O)c2)c1. The second-order valence-electron chi connectivity index (χ2n) is 4.57. The third-order valence-corrected chi connectivity index (χ3v) is 2.90. The monoisotopic (exact) mass is 256 g/mol. The number of esters is 1. The Morgan fingerprint density at radius 1 is 1.16 bits per heavy atom. The fraction of sp³-hybridized carbons (Fsp3) is 0.188. The summed E-state index contributed by atoms with van der Waals surface area (Å²) in [4.78, 5) is 11.8. The zero-order valence-corrected chi connectivity index (χ0v) is 11.0. The minimum Gasteiger partial charge on any atom is -0.508 e. The molecule has 1 N–H and O–H groups in total. The summed E-state index contributed by atoms with van der Waals surface area (Å²) in [6, 6.07) is 12.6. The molecule has 0 aliphatic heterocycles. The van der Waals surface area contributed by atoms with E-state index in [9.17, 15) is 9.90 Å². The van der Waals surface area contributed by atoms with Gasteiger partial charge in [-0.25, -0.2) is 4.79 Å². The van der Waals surface area contributed by atoms with Crippen molar-refractivity contribution in [2.75, 3.05) is 0 Å². The maximum atomic E-state index is 11.8. The fourth-order valence-electron chi connectivity index (χ4n) is 1.77. The summed E-state index contributed by atoms with van der Waals surface area (Å²) >= 11 is 0. The lowest BCUT2D eigenvalue weighted by Gasteiger charge is -2.07. The Bertz CT molecular complexity index is 603. The van der Waals surface area contributed by atoms with Crippen molar-refractivity contribution in [1.29, 1.82) is 0 Å². The molecule has 0 saturated carbocycles. The highest BCUT2D eigenvalue weighted by molar-refractivity contribution is 5.90. The molecule has 0 saturated heterocycles. The molecule has 0 radical (unpaired) electrons. The second kappa shape index (κ2) is 5.57. The largest absolute Gasteiger partial charge is 0.508 e. The van der Waals surface area contributed by atoms with Crippen LogP contribution < -0.4 is 0 Å². The molecule has 3 heteroatoms. The summed E-state index contributed by atoms with van der Waals surface area (Å²) in [6.45, 7) is 4.00. The van der Waals surface area contributed by atoms with Gasteiger partial charge in [0.15, 0.2) is 0 Å². The van der Waals surface area contributed by atoms with Gasteiger partial charge in [0.2, 0.25) is 0 Å². The quantitative estimate of drug-likeness (QED) is 0.856. The summed E-state index contributed by atoms with van der Waals surface area (Å²) < 4.78 is 5.21. The van der Waals surface area contributed by atoms with E-state index in [1.807, 2.05) is 31.2 Å². The molecule has 0 heterocycles. The van der Waals surface area contributed by atoms with Crippen LogP contribution in [0.2, 0.25) is 0 Å². The minimum absolute atomic E-state index is 0.102.